The summed E-state index contributed by atoms with van der Waals surface area (Å²) >= 11 is 3.40. The molecule has 1 N–H and O–H groups in total. The topological polar surface area (TPSA) is 54.6 Å². The highest BCUT2D eigenvalue weighted by Gasteiger charge is 2.16. The van der Waals surface area contributed by atoms with Gasteiger partial charge in [0.05, 0.1) is 17.8 Å². The van der Waals surface area contributed by atoms with Crippen molar-refractivity contribution in [2.75, 3.05) is 0 Å². The van der Waals surface area contributed by atoms with Crippen LogP contribution in [0, 0.1) is 0 Å². The number of rotatable bonds is 3. The van der Waals surface area contributed by atoms with Gasteiger partial charge in [-0.15, -0.1) is 0 Å². The van der Waals surface area contributed by atoms with Gasteiger partial charge in [0.2, 0.25) is 0 Å². The molecule has 0 aliphatic rings. The molecule has 0 fully saturated rings. The van der Waals surface area contributed by atoms with Gasteiger partial charge in [-0.25, -0.2) is 4.98 Å². The zero-order valence-corrected chi connectivity index (χ0v) is 12.0. The first-order valence-corrected chi connectivity index (χ1v) is 6.88. The molecule has 0 radical (unpaired) electrons. The van der Waals surface area contributed by atoms with E-state index in [4.69, 9.17) is 5.11 Å². The van der Waals surface area contributed by atoms with E-state index in [2.05, 4.69) is 20.9 Å². The molecule has 3 rings (SSSR count). The molecule has 5 heteroatoms. The number of carboxylic acids is 1. The summed E-state index contributed by atoms with van der Waals surface area (Å²) in [5.74, 6) is -0.869. The van der Waals surface area contributed by atoms with Crippen LogP contribution in [0.4, 0.5) is 0 Å². The molecule has 3 aromatic rings. The Morgan fingerprint density at radius 1 is 1.25 bits per heavy atom. The summed E-state index contributed by atoms with van der Waals surface area (Å²) in [6, 6.07) is 13.4. The second kappa shape index (κ2) is 5.09. The fourth-order valence-corrected chi connectivity index (χ4v) is 2.53. The van der Waals surface area contributed by atoms with Crippen molar-refractivity contribution >= 4 is 27.5 Å². The summed E-state index contributed by atoms with van der Waals surface area (Å²) in [4.78, 5) is 15.7. The van der Waals surface area contributed by atoms with Gasteiger partial charge in [0, 0.05) is 16.2 Å². The number of aromatic nitrogens is 2. The van der Waals surface area contributed by atoms with Crippen LogP contribution in [0.3, 0.4) is 0 Å². The van der Waals surface area contributed by atoms with Crippen LogP contribution in [-0.2, 0) is 11.2 Å². The number of hydrogen-bond donors (Lipinski definition) is 1. The van der Waals surface area contributed by atoms with E-state index < -0.39 is 5.97 Å². The standard InChI is InChI=1S/C15H11BrN2O2/c16-11-6-7-18-12(9-14(19)20)15(17-13(18)8-11)10-4-2-1-3-5-10/h1-8H,9H2,(H,19,20). The Hall–Kier alpha value is -2.14. The molecule has 2 heterocycles. The van der Waals surface area contributed by atoms with E-state index in [0.717, 1.165) is 15.7 Å². The second-order valence-corrected chi connectivity index (χ2v) is 5.33. The van der Waals surface area contributed by atoms with Crippen LogP contribution >= 0.6 is 15.9 Å². The molecule has 1 aromatic carbocycles. The molecular formula is C15H11BrN2O2. The average Bonchev–Trinajstić information content (AvgIpc) is 2.77. The number of benzene rings is 1. The third-order valence-electron chi connectivity index (χ3n) is 3.05. The van der Waals surface area contributed by atoms with Crippen molar-refractivity contribution in [3.05, 3.63) is 58.8 Å². The summed E-state index contributed by atoms with van der Waals surface area (Å²) in [5.41, 5.74) is 3.05. The van der Waals surface area contributed by atoms with Gasteiger partial charge in [0.25, 0.3) is 0 Å². The fraction of sp³-hybridized carbons (Fsp3) is 0.0667. The monoisotopic (exact) mass is 330 g/mol. The summed E-state index contributed by atoms with van der Waals surface area (Å²) in [6.45, 7) is 0. The molecule has 4 nitrogen and oxygen atoms in total. The van der Waals surface area contributed by atoms with Crippen LogP contribution in [0.2, 0.25) is 0 Å². The smallest absolute Gasteiger partial charge is 0.309 e. The Morgan fingerprint density at radius 2 is 2.00 bits per heavy atom. The summed E-state index contributed by atoms with van der Waals surface area (Å²) in [7, 11) is 0. The van der Waals surface area contributed by atoms with E-state index >= 15 is 0 Å². The van der Waals surface area contributed by atoms with E-state index in [9.17, 15) is 4.79 Å². The predicted octanol–water partition coefficient (Wildman–Crippen LogP) is 3.39. The number of halogens is 1. The van der Waals surface area contributed by atoms with Crippen LogP contribution in [0.1, 0.15) is 5.69 Å². The van der Waals surface area contributed by atoms with Gasteiger partial charge in [-0.05, 0) is 12.1 Å². The number of pyridine rings is 1. The maximum atomic E-state index is 11.1. The van der Waals surface area contributed by atoms with Gasteiger partial charge in [-0.2, -0.15) is 0 Å². The van der Waals surface area contributed by atoms with Crippen molar-refractivity contribution in [1.29, 1.82) is 0 Å². The minimum Gasteiger partial charge on any atom is -0.481 e. The Morgan fingerprint density at radius 3 is 2.70 bits per heavy atom. The Bertz CT molecular complexity index is 781. The second-order valence-electron chi connectivity index (χ2n) is 4.42. The van der Waals surface area contributed by atoms with Crippen molar-refractivity contribution in [3.63, 3.8) is 0 Å². The molecule has 100 valence electrons. The zero-order valence-electron chi connectivity index (χ0n) is 10.5. The highest BCUT2D eigenvalue weighted by molar-refractivity contribution is 9.10. The normalized spacial score (nSPS) is 10.8. The fourth-order valence-electron chi connectivity index (χ4n) is 2.21. The molecule has 0 unspecified atom stereocenters. The number of aliphatic carboxylic acids is 1. The highest BCUT2D eigenvalue weighted by atomic mass is 79.9. The molecule has 2 aromatic heterocycles. The Labute approximate surface area is 123 Å². The third kappa shape index (κ3) is 2.32. The number of carbonyl (C=O) groups is 1. The number of imidazole rings is 1. The minimum atomic E-state index is -0.869. The first kappa shape index (κ1) is 12.9. The van der Waals surface area contributed by atoms with Gasteiger partial charge in [-0.1, -0.05) is 46.3 Å². The Kier molecular flexibility index (Phi) is 3.28. The first-order chi connectivity index (χ1) is 9.65. The van der Waals surface area contributed by atoms with Crippen molar-refractivity contribution in [1.82, 2.24) is 9.38 Å². The van der Waals surface area contributed by atoms with Gasteiger partial charge in [0.1, 0.15) is 5.65 Å². The molecule has 0 aliphatic heterocycles. The largest absolute Gasteiger partial charge is 0.481 e. The van der Waals surface area contributed by atoms with Gasteiger partial charge in [0.15, 0.2) is 0 Å². The SMILES string of the molecule is O=C(O)Cc1c(-c2ccccc2)nc2cc(Br)ccn12. The van der Waals surface area contributed by atoms with E-state index in [1.54, 1.807) is 0 Å². The maximum absolute atomic E-state index is 11.1. The lowest BCUT2D eigenvalue weighted by Crippen LogP contribution is -2.04. The van der Waals surface area contributed by atoms with Crippen molar-refractivity contribution in [2.24, 2.45) is 0 Å². The summed E-state index contributed by atoms with van der Waals surface area (Å²) < 4.78 is 2.73. The molecular weight excluding hydrogens is 320 g/mol. The quantitative estimate of drug-likeness (QED) is 0.800. The molecule has 0 aliphatic carbocycles. The van der Waals surface area contributed by atoms with Crippen LogP contribution in [-0.4, -0.2) is 20.5 Å². The number of nitrogens with zero attached hydrogens (tertiary/aromatic N) is 2. The lowest BCUT2D eigenvalue weighted by atomic mass is 10.1. The molecule has 0 amide bonds. The number of hydrogen-bond acceptors (Lipinski definition) is 2. The molecule has 0 saturated heterocycles. The summed E-state index contributed by atoms with van der Waals surface area (Å²) in [6.07, 6.45) is 1.77. The Balaban J connectivity index is 2.27. The van der Waals surface area contributed by atoms with Crippen molar-refractivity contribution in [3.8, 4) is 11.3 Å². The van der Waals surface area contributed by atoms with E-state index in [0.29, 0.717) is 11.4 Å². The van der Waals surface area contributed by atoms with Gasteiger partial charge in [-0.3, -0.25) is 4.79 Å². The first-order valence-electron chi connectivity index (χ1n) is 6.09. The van der Waals surface area contributed by atoms with Crippen LogP contribution in [0.5, 0.6) is 0 Å². The van der Waals surface area contributed by atoms with Crippen molar-refractivity contribution in [2.45, 2.75) is 6.42 Å². The van der Waals surface area contributed by atoms with E-state index in [-0.39, 0.29) is 6.42 Å². The molecule has 0 spiro atoms. The molecule has 20 heavy (non-hydrogen) atoms. The lowest BCUT2D eigenvalue weighted by molar-refractivity contribution is -0.136. The van der Waals surface area contributed by atoms with Gasteiger partial charge < -0.3 is 9.51 Å². The van der Waals surface area contributed by atoms with Crippen LogP contribution in [0.15, 0.2) is 53.1 Å². The summed E-state index contributed by atoms with van der Waals surface area (Å²) in [5, 5.41) is 9.12. The molecule has 0 saturated carbocycles. The molecule has 0 bridgehead atoms. The van der Waals surface area contributed by atoms with E-state index in [1.807, 2.05) is 53.1 Å². The van der Waals surface area contributed by atoms with Crippen LogP contribution < -0.4 is 0 Å². The van der Waals surface area contributed by atoms with Crippen molar-refractivity contribution < 1.29 is 9.90 Å². The minimum absolute atomic E-state index is 0.0625. The predicted molar refractivity (Wildman–Crippen MR) is 79.7 cm³/mol. The molecule has 0 atom stereocenters. The average molecular weight is 331 g/mol. The highest BCUT2D eigenvalue weighted by Crippen LogP contribution is 2.26. The lowest BCUT2D eigenvalue weighted by Gasteiger charge is -2.02. The third-order valence-corrected chi connectivity index (χ3v) is 3.55. The van der Waals surface area contributed by atoms with Gasteiger partial charge >= 0.3 is 5.97 Å². The van der Waals surface area contributed by atoms with E-state index in [1.165, 1.54) is 0 Å². The number of carboxylic acid groups (broad SMARTS) is 1. The maximum Gasteiger partial charge on any atom is 0.309 e. The number of fused-ring (bicyclic) bond motifs is 1. The zero-order chi connectivity index (χ0) is 14.1. The van der Waals surface area contributed by atoms with Crippen LogP contribution in [0.25, 0.3) is 16.9 Å².